The number of hydrogen-bond acceptors (Lipinski definition) is 2. The molecular weight excluding hydrogens is 164 g/mol. The van der Waals surface area contributed by atoms with E-state index in [2.05, 4.69) is 4.98 Å². The van der Waals surface area contributed by atoms with Crippen LogP contribution in [-0.4, -0.2) is 4.98 Å². The smallest absolute Gasteiger partial charge is 0.290 e. The molecule has 0 saturated heterocycles. The Morgan fingerprint density at radius 3 is 2.33 bits per heavy atom. The van der Waals surface area contributed by atoms with Crippen molar-refractivity contribution in [1.82, 2.24) is 4.98 Å². The van der Waals surface area contributed by atoms with E-state index in [-0.39, 0.29) is 11.6 Å². The van der Waals surface area contributed by atoms with E-state index in [1.54, 1.807) is 0 Å². The maximum absolute atomic E-state index is 12.6. The Labute approximate surface area is 69.6 Å². The van der Waals surface area contributed by atoms with E-state index >= 15 is 0 Å². The SMILES string of the molecule is CC(C)c1nc(C(C)(F)F)co1. The first-order valence-electron chi connectivity index (χ1n) is 3.75. The molecule has 1 rings (SSSR count). The van der Waals surface area contributed by atoms with Gasteiger partial charge in [-0.25, -0.2) is 4.98 Å². The summed E-state index contributed by atoms with van der Waals surface area (Å²) in [5, 5.41) is 0. The fourth-order valence-electron chi connectivity index (χ4n) is 0.754. The van der Waals surface area contributed by atoms with Gasteiger partial charge in [0.25, 0.3) is 5.92 Å². The van der Waals surface area contributed by atoms with Crippen molar-refractivity contribution in [2.24, 2.45) is 0 Å². The van der Waals surface area contributed by atoms with Crippen LogP contribution >= 0.6 is 0 Å². The van der Waals surface area contributed by atoms with Crippen molar-refractivity contribution in [3.05, 3.63) is 17.8 Å². The van der Waals surface area contributed by atoms with Crippen LogP contribution in [0.15, 0.2) is 10.7 Å². The highest BCUT2D eigenvalue weighted by Gasteiger charge is 2.28. The molecule has 0 unspecified atom stereocenters. The molecule has 0 radical (unpaired) electrons. The molecule has 0 saturated carbocycles. The summed E-state index contributed by atoms with van der Waals surface area (Å²) in [7, 11) is 0. The lowest BCUT2D eigenvalue weighted by atomic mass is 10.2. The van der Waals surface area contributed by atoms with Crippen molar-refractivity contribution < 1.29 is 13.2 Å². The van der Waals surface area contributed by atoms with Crippen molar-refractivity contribution in [3.8, 4) is 0 Å². The zero-order valence-corrected chi connectivity index (χ0v) is 7.27. The highest BCUT2D eigenvalue weighted by atomic mass is 19.3. The quantitative estimate of drug-likeness (QED) is 0.690. The molecule has 1 aromatic rings. The molecule has 4 heteroatoms. The van der Waals surface area contributed by atoms with Gasteiger partial charge in [0.15, 0.2) is 5.89 Å². The van der Waals surface area contributed by atoms with Crippen molar-refractivity contribution in [1.29, 1.82) is 0 Å². The minimum absolute atomic E-state index is 0.0427. The summed E-state index contributed by atoms with van der Waals surface area (Å²) in [5.74, 6) is -2.51. The third kappa shape index (κ3) is 1.81. The number of hydrogen-bond donors (Lipinski definition) is 0. The minimum atomic E-state index is -2.91. The molecule has 0 spiro atoms. The van der Waals surface area contributed by atoms with Gasteiger partial charge in [-0.3, -0.25) is 0 Å². The monoisotopic (exact) mass is 175 g/mol. The first-order chi connectivity index (χ1) is 5.41. The Hall–Kier alpha value is -0.930. The van der Waals surface area contributed by atoms with Crippen LogP contribution in [-0.2, 0) is 5.92 Å². The van der Waals surface area contributed by atoms with Gasteiger partial charge in [0, 0.05) is 12.8 Å². The fourth-order valence-corrected chi connectivity index (χ4v) is 0.754. The van der Waals surface area contributed by atoms with Gasteiger partial charge >= 0.3 is 0 Å². The molecule has 0 bridgehead atoms. The summed E-state index contributed by atoms with van der Waals surface area (Å²) in [5.41, 5.74) is -0.300. The number of nitrogens with zero attached hydrogens (tertiary/aromatic N) is 1. The third-order valence-corrected chi connectivity index (χ3v) is 1.47. The van der Waals surface area contributed by atoms with Crippen molar-refractivity contribution in [3.63, 3.8) is 0 Å². The summed E-state index contributed by atoms with van der Waals surface area (Å²) in [6.45, 7) is 4.47. The molecule has 0 aliphatic heterocycles. The van der Waals surface area contributed by atoms with Crippen LogP contribution in [0.5, 0.6) is 0 Å². The molecule has 0 aromatic carbocycles. The molecule has 68 valence electrons. The molecule has 2 nitrogen and oxygen atoms in total. The summed E-state index contributed by atoms with van der Waals surface area (Å²) >= 11 is 0. The molecule has 0 fully saturated rings. The zero-order chi connectivity index (χ0) is 9.35. The van der Waals surface area contributed by atoms with Crippen LogP contribution in [0.3, 0.4) is 0 Å². The second-order valence-electron chi connectivity index (χ2n) is 3.11. The van der Waals surface area contributed by atoms with Crippen LogP contribution in [0, 0.1) is 0 Å². The number of aromatic nitrogens is 1. The van der Waals surface area contributed by atoms with Crippen molar-refractivity contribution in [2.45, 2.75) is 32.6 Å². The molecular formula is C8H11F2NO. The summed E-state index contributed by atoms with van der Waals surface area (Å²) in [6.07, 6.45) is 1.01. The maximum Gasteiger partial charge on any atom is 0.290 e. The summed E-state index contributed by atoms with van der Waals surface area (Å²) < 4.78 is 30.1. The van der Waals surface area contributed by atoms with Crippen LogP contribution < -0.4 is 0 Å². The predicted octanol–water partition coefficient (Wildman–Crippen LogP) is 2.91. The van der Waals surface area contributed by atoms with Gasteiger partial charge in [0.2, 0.25) is 0 Å². The zero-order valence-electron chi connectivity index (χ0n) is 7.27. The van der Waals surface area contributed by atoms with E-state index in [1.165, 1.54) is 0 Å². The van der Waals surface area contributed by atoms with Crippen LogP contribution in [0.1, 0.15) is 38.3 Å². The average molecular weight is 175 g/mol. The lowest BCUT2D eigenvalue weighted by Crippen LogP contribution is -2.07. The van der Waals surface area contributed by atoms with Gasteiger partial charge in [-0.1, -0.05) is 13.8 Å². The third-order valence-electron chi connectivity index (χ3n) is 1.47. The lowest BCUT2D eigenvalue weighted by Gasteiger charge is -2.03. The van der Waals surface area contributed by atoms with Gasteiger partial charge in [0.1, 0.15) is 12.0 Å². The maximum atomic E-state index is 12.6. The molecule has 0 aliphatic carbocycles. The second-order valence-corrected chi connectivity index (χ2v) is 3.11. The van der Waals surface area contributed by atoms with Crippen LogP contribution in [0.2, 0.25) is 0 Å². The predicted molar refractivity (Wildman–Crippen MR) is 40.2 cm³/mol. The minimum Gasteiger partial charge on any atom is -0.448 e. The highest BCUT2D eigenvalue weighted by Crippen LogP contribution is 2.27. The van der Waals surface area contributed by atoms with Gasteiger partial charge in [-0.15, -0.1) is 0 Å². The highest BCUT2D eigenvalue weighted by molar-refractivity contribution is 5.04. The Kier molecular flexibility index (Phi) is 2.17. The van der Waals surface area contributed by atoms with E-state index in [4.69, 9.17) is 4.42 Å². The van der Waals surface area contributed by atoms with Gasteiger partial charge in [-0.05, 0) is 0 Å². The molecule has 1 heterocycles. The fraction of sp³-hybridized carbons (Fsp3) is 0.625. The number of oxazole rings is 1. The number of halogens is 2. The van der Waals surface area contributed by atoms with E-state index in [9.17, 15) is 8.78 Å². The van der Waals surface area contributed by atoms with E-state index in [0.717, 1.165) is 13.2 Å². The Balaban J connectivity index is 2.92. The summed E-state index contributed by atoms with van der Waals surface area (Å²) in [4.78, 5) is 3.66. The lowest BCUT2D eigenvalue weighted by molar-refractivity contribution is 0.0126. The largest absolute Gasteiger partial charge is 0.448 e. The number of rotatable bonds is 2. The first-order valence-corrected chi connectivity index (χ1v) is 3.75. The van der Waals surface area contributed by atoms with Crippen molar-refractivity contribution in [2.75, 3.05) is 0 Å². The van der Waals surface area contributed by atoms with Gasteiger partial charge in [0.05, 0.1) is 0 Å². The first kappa shape index (κ1) is 9.16. The van der Waals surface area contributed by atoms with E-state index in [0.29, 0.717) is 5.89 Å². The number of alkyl halides is 2. The van der Waals surface area contributed by atoms with E-state index in [1.807, 2.05) is 13.8 Å². The standard InChI is InChI=1S/C8H11F2NO/c1-5(2)7-11-6(4-12-7)8(3,9)10/h4-5H,1-3H3. The van der Waals surface area contributed by atoms with Gasteiger partial charge in [-0.2, -0.15) is 8.78 Å². The topological polar surface area (TPSA) is 26.0 Å². The second kappa shape index (κ2) is 2.84. The Morgan fingerprint density at radius 2 is 2.08 bits per heavy atom. The van der Waals surface area contributed by atoms with Crippen LogP contribution in [0.25, 0.3) is 0 Å². The molecule has 0 N–H and O–H groups in total. The average Bonchev–Trinajstić information content (AvgIpc) is 2.30. The molecule has 1 aromatic heterocycles. The van der Waals surface area contributed by atoms with Gasteiger partial charge < -0.3 is 4.42 Å². The van der Waals surface area contributed by atoms with Crippen LogP contribution in [0.4, 0.5) is 8.78 Å². The molecule has 0 atom stereocenters. The normalized spacial score (nSPS) is 12.5. The summed E-state index contributed by atoms with van der Waals surface area (Å²) in [6, 6.07) is 0. The molecule has 0 amide bonds. The Morgan fingerprint density at radius 1 is 1.50 bits per heavy atom. The molecule has 12 heavy (non-hydrogen) atoms. The van der Waals surface area contributed by atoms with E-state index < -0.39 is 5.92 Å². The molecule has 0 aliphatic rings. The Bertz CT molecular complexity index is 262. The van der Waals surface area contributed by atoms with Crippen molar-refractivity contribution >= 4 is 0 Å².